The number of oxazole rings is 1. The number of ether oxygens (including phenoxy) is 1. The van der Waals surface area contributed by atoms with E-state index in [2.05, 4.69) is 9.97 Å². The van der Waals surface area contributed by atoms with E-state index in [1.54, 1.807) is 0 Å². The molecule has 1 aromatic carbocycles. The molecule has 0 atom stereocenters. The van der Waals surface area contributed by atoms with E-state index in [0.717, 1.165) is 0 Å². The maximum absolute atomic E-state index is 13.0. The lowest BCUT2D eigenvalue weighted by Crippen LogP contribution is -2.37. The minimum atomic E-state index is -0.589. The Hall–Kier alpha value is -3.22. The number of halogens is 1. The SMILES string of the molecule is O=C1c2oc(COc3ccccc3)nc2CCN1c1ccc(F)nc1. The fourth-order valence-corrected chi connectivity index (χ4v) is 2.68. The van der Waals surface area contributed by atoms with Crippen LogP contribution in [-0.4, -0.2) is 22.4 Å². The first-order valence-corrected chi connectivity index (χ1v) is 7.80. The zero-order chi connectivity index (χ0) is 17.2. The van der Waals surface area contributed by atoms with E-state index in [1.807, 2.05) is 30.3 Å². The average molecular weight is 339 g/mol. The first-order chi connectivity index (χ1) is 12.2. The number of hydrogen-bond donors (Lipinski definition) is 0. The number of carbonyl (C=O) groups excluding carboxylic acids is 1. The van der Waals surface area contributed by atoms with E-state index in [-0.39, 0.29) is 18.3 Å². The van der Waals surface area contributed by atoms with Crippen molar-refractivity contribution in [2.75, 3.05) is 11.4 Å². The van der Waals surface area contributed by atoms with E-state index in [0.29, 0.717) is 36.0 Å². The van der Waals surface area contributed by atoms with E-state index in [9.17, 15) is 9.18 Å². The maximum Gasteiger partial charge on any atom is 0.296 e. The summed E-state index contributed by atoms with van der Waals surface area (Å²) in [5.41, 5.74) is 1.14. The summed E-state index contributed by atoms with van der Waals surface area (Å²) < 4.78 is 24.2. The Morgan fingerprint density at radius 3 is 2.80 bits per heavy atom. The van der Waals surface area contributed by atoms with Crippen LogP contribution in [0.25, 0.3) is 0 Å². The smallest absolute Gasteiger partial charge is 0.296 e. The van der Waals surface area contributed by atoms with Gasteiger partial charge in [0.1, 0.15) is 5.75 Å². The summed E-state index contributed by atoms with van der Waals surface area (Å²) in [7, 11) is 0. The van der Waals surface area contributed by atoms with Gasteiger partial charge in [0, 0.05) is 13.0 Å². The molecule has 1 amide bonds. The van der Waals surface area contributed by atoms with Gasteiger partial charge in [-0.05, 0) is 24.3 Å². The molecular formula is C18H14FN3O3. The number of anilines is 1. The second-order valence-electron chi connectivity index (χ2n) is 5.53. The standard InChI is InChI=1S/C18H14FN3O3/c19-15-7-6-12(10-20-15)22-9-8-14-17(18(22)23)25-16(21-14)11-24-13-4-2-1-3-5-13/h1-7,10H,8-9,11H2. The van der Waals surface area contributed by atoms with Crippen molar-refractivity contribution in [3.8, 4) is 5.75 Å². The molecule has 1 aliphatic heterocycles. The van der Waals surface area contributed by atoms with Gasteiger partial charge in [-0.25, -0.2) is 9.97 Å². The lowest BCUT2D eigenvalue weighted by atomic mass is 10.1. The van der Waals surface area contributed by atoms with E-state index < -0.39 is 5.95 Å². The van der Waals surface area contributed by atoms with Crippen molar-refractivity contribution in [1.29, 1.82) is 0 Å². The Balaban J connectivity index is 1.51. The Morgan fingerprint density at radius 1 is 1.20 bits per heavy atom. The van der Waals surface area contributed by atoms with Gasteiger partial charge in [-0.3, -0.25) is 4.79 Å². The number of para-hydroxylation sites is 1. The van der Waals surface area contributed by atoms with Crippen molar-refractivity contribution in [1.82, 2.24) is 9.97 Å². The predicted molar refractivity (Wildman–Crippen MR) is 86.9 cm³/mol. The zero-order valence-corrected chi connectivity index (χ0v) is 13.2. The van der Waals surface area contributed by atoms with Crippen LogP contribution in [0.4, 0.5) is 10.1 Å². The zero-order valence-electron chi connectivity index (χ0n) is 13.2. The van der Waals surface area contributed by atoms with Gasteiger partial charge in [-0.1, -0.05) is 18.2 Å². The molecule has 0 unspecified atom stereocenters. The van der Waals surface area contributed by atoms with Crippen LogP contribution in [0, 0.1) is 5.95 Å². The van der Waals surface area contributed by atoms with Gasteiger partial charge < -0.3 is 14.1 Å². The normalized spacial score (nSPS) is 13.6. The second-order valence-corrected chi connectivity index (χ2v) is 5.53. The van der Waals surface area contributed by atoms with Crippen molar-refractivity contribution in [2.24, 2.45) is 0 Å². The molecule has 0 fully saturated rings. The molecule has 126 valence electrons. The van der Waals surface area contributed by atoms with Crippen molar-refractivity contribution in [3.05, 3.63) is 72.0 Å². The fraction of sp³-hybridized carbons (Fsp3) is 0.167. The molecule has 0 spiro atoms. The van der Waals surface area contributed by atoms with Crippen LogP contribution >= 0.6 is 0 Å². The lowest BCUT2D eigenvalue weighted by Gasteiger charge is -2.24. The summed E-state index contributed by atoms with van der Waals surface area (Å²) in [6, 6.07) is 12.0. The van der Waals surface area contributed by atoms with Crippen LogP contribution in [-0.2, 0) is 13.0 Å². The Bertz CT molecular complexity index is 894. The lowest BCUT2D eigenvalue weighted by molar-refractivity contribution is 0.0948. The van der Waals surface area contributed by atoms with Crippen LogP contribution in [0.2, 0.25) is 0 Å². The van der Waals surface area contributed by atoms with Crippen LogP contribution in [0.1, 0.15) is 22.1 Å². The molecule has 0 saturated heterocycles. The molecule has 25 heavy (non-hydrogen) atoms. The van der Waals surface area contributed by atoms with Crippen LogP contribution < -0.4 is 9.64 Å². The van der Waals surface area contributed by atoms with Gasteiger partial charge >= 0.3 is 0 Å². The van der Waals surface area contributed by atoms with Crippen molar-refractivity contribution in [3.63, 3.8) is 0 Å². The summed E-state index contributed by atoms with van der Waals surface area (Å²) in [4.78, 5) is 22.1. The molecular weight excluding hydrogens is 325 g/mol. The van der Waals surface area contributed by atoms with Gasteiger partial charge in [0.2, 0.25) is 17.6 Å². The van der Waals surface area contributed by atoms with Gasteiger partial charge in [-0.2, -0.15) is 4.39 Å². The molecule has 1 aliphatic rings. The van der Waals surface area contributed by atoms with Gasteiger partial charge in [0.25, 0.3) is 5.91 Å². The number of fused-ring (bicyclic) bond motifs is 1. The third-order valence-corrected chi connectivity index (χ3v) is 3.88. The minimum Gasteiger partial charge on any atom is -0.484 e. The molecule has 0 N–H and O–H groups in total. The predicted octanol–water partition coefficient (Wildman–Crippen LogP) is 2.99. The molecule has 3 aromatic rings. The number of amides is 1. The Kier molecular flexibility index (Phi) is 3.89. The summed E-state index contributed by atoms with van der Waals surface area (Å²) in [6.07, 6.45) is 1.88. The molecule has 0 radical (unpaired) electrons. The summed E-state index contributed by atoms with van der Waals surface area (Å²) >= 11 is 0. The number of hydrogen-bond acceptors (Lipinski definition) is 5. The van der Waals surface area contributed by atoms with Gasteiger partial charge in [0.15, 0.2) is 6.61 Å². The summed E-state index contributed by atoms with van der Waals surface area (Å²) in [5, 5.41) is 0. The third kappa shape index (κ3) is 3.08. The van der Waals surface area contributed by atoms with Crippen molar-refractivity contribution >= 4 is 11.6 Å². The maximum atomic E-state index is 13.0. The highest BCUT2D eigenvalue weighted by molar-refractivity contribution is 6.05. The number of benzene rings is 1. The first kappa shape index (κ1) is 15.3. The molecule has 0 bridgehead atoms. The first-order valence-electron chi connectivity index (χ1n) is 7.80. The highest BCUT2D eigenvalue weighted by atomic mass is 19.1. The van der Waals surface area contributed by atoms with Gasteiger partial charge in [-0.15, -0.1) is 0 Å². The molecule has 0 aliphatic carbocycles. The van der Waals surface area contributed by atoms with Crippen LogP contribution in [0.15, 0.2) is 53.1 Å². The summed E-state index contributed by atoms with van der Waals surface area (Å²) in [6.45, 7) is 0.576. The van der Waals surface area contributed by atoms with E-state index in [4.69, 9.17) is 9.15 Å². The van der Waals surface area contributed by atoms with Crippen LogP contribution in [0.5, 0.6) is 5.75 Å². The van der Waals surface area contributed by atoms with Crippen LogP contribution in [0.3, 0.4) is 0 Å². The molecule has 6 nitrogen and oxygen atoms in total. The monoisotopic (exact) mass is 339 g/mol. The van der Waals surface area contributed by atoms with E-state index in [1.165, 1.54) is 23.2 Å². The Labute approximate surface area is 142 Å². The molecule has 7 heteroatoms. The minimum absolute atomic E-state index is 0.141. The molecule has 4 rings (SSSR count). The fourth-order valence-electron chi connectivity index (χ4n) is 2.68. The number of rotatable bonds is 4. The van der Waals surface area contributed by atoms with E-state index >= 15 is 0 Å². The Morgan fingerprint density at radius 2 is 2.04 bits per heavy atom. The molecule has 2 aromatic heterocycles. The number of nitrogens with zero attached hydrogens (tertiary/aromatic N) is 3. The van der Waals surface area contributed by atoms with Gasteiger partial charge in [0.05, 0.1) is 17.6 Å². The highest BCUT2D eigenvalue weighted by Gasteiger charge is 2.31. The number of carbonyl (C=O) groups is 1. The van der Waals surface area contributed by atoms with Crippen molar-refractivity contribution < 1.29 is 18.3 Å². The third-order valence-electron chi connectivity index (χ3n) is 3.88. The second kappa shape index (κ2) is 6.35. The largest absolute Gasteiger partial charge is 0.484 e. The number of pyridine rings is 1. The topological polar surface area (TPSA) is 68.5 Å². The average Bonchev–Trinajstić information content (AvgIpc) is 3.06. The number of aromatic nitrogens is 2. The molecule has 3 heterocycles. The van der Waals surface area contributed by atoms with Crippen molar-refractivity contribution in [2.45, 2.75) is 13.0 Å². The molecule has 0 saturated carbocycles. The summed E-state index contributed by atoms with van der Waals surface area (Å²) in [5.74, 6) is 0.342. The highest BCUT2D eigenvalue weighted by Crippen LogP contribution is 2.25. The quantitative estimate of drug-likeness (QED) is 0.684.